The van der Waals surface area contributed by atoms with Gasteiger partial charge < -0.3 is 35.5 Å². The highest BCUT2D eigenvalue weighted by Crippen LogP contribution is 2.45. The smallest absolute Gasteiger partial charge is 0.421 e. The van der Waals surface area contributed by atoms with Crippen molar-refractivity contribution in [1.29, 1.82) is 0 Å². The number of hydrogen-bond donors (Lipinski definition) is 4. The number of ether oxygens (including phenoxy) is 3. The maximum absolute atomic E-state index is 14.6. The number of aromatic nitrogens is 2. The van der Waals surface area contributed by atoms with Crippen LogP contribution in [0.5, 0.6) is 17.5 Å². The normalized spacial score (nSPS) is 19.4. The van der Waals surface area contributed by atoms with Crippen molar-refractivity contribution in [2.75, 3.05) is 27.3 Å². The van der Waals surface area contributed by atoms with Crippen LogP contribution in [0.1, 0.15) is 72.4 Å². The number of alkyl halides is 3. The summed E-state index contributed by atoms with van der Waals surface area (Å²) in [5.41, 5.74) is 4.77. The Balaban J connectivity index is 1.12. The van der Waals surface area contributed by atoms with Gasteiger partial charge in [-0.1, -0.05) is 41.9 Å². The molecule has 2 aromatic carbocycles. The van der Waals surface area contributed by atoms with Crippen LogP contribution in [0, 0.1) is 0 Å². The van der Waals surface area contributed by atoms with E-state index >= 15 is 0 Å². The first-order chi connectivity index (χ1) is 27.0. The minimum atomic E-state index is -4.74. The highest BCUT2D eigenvalue weighted by Gasteiger charge is 2.38. The molecule has 0 saturated carbocycles. The highest BCUT2D eigenvalue weighted by molar-refractivity contribution is 6.35. The quantitative estimate of drug-likeness (QED) is 0.110. The zero-order chi connectivity index (χ0) is 39.4. The Morgan fingerprint density at radius 1 is 0.839 bits per heavy atom. The minimum Gasteiger partial charge on any atom is -0.496 e. The van der Waals surface area contributed by atoms with E-state index in [1.807, 2.05) is 42.5 Å². The predicted molar refractivity (Wildman–Crippen MR) is 205 cm³/mol. The zero-order valence-corrected chi connectivity index (χ0v) is 31.9. The fourth-order valence-corrected chi connectivity index (χ4v) is 8.07. The minimum absolute atomic E-state index is 0.0248. The zero-order valence-electron chi connectivity index (χ0n) is 31.2. The lowest BCUT2D eigenvalue weighted by Gasteiger charge is -2.29. The standard InChI is InChI=1S/C41H44ClF3N6O5/c1-54-34-18-23(9-10-24(34)19-46-21-26-11-13-35(52)49-26)38-37(42)31(15-16-48-38)29-5-3-7-30-28(29)6-4-8-33(30)56-40-32(41(43,44)45)17-25(39(51-40)55-2)20-47-22-27-12-14-36(53)50-27/h3,5,7,9-10,15-18,26-27,33,46-47H,4,6,8,11-14,19-22H2,1-2H3,(H,49,52)(H,50,53)/t26?,27?,33-/m1/s1. The van der Waals surface area contributed by atoms with Gasteiger partial charge in [0.15, 0.2) is 0 Å². The van der Waals surface area contributed by atoms with Crippen LogP contribution in [0.15, 0.2) is 54.7 Å². The number of methoxy groups -OCH3 is 2. The van der Waals surface area contributed by atoms with E-state index in [0.29, 0.717) is 74.6 Å². The van der Waals surface area contributed by atoms with Gasteiger partial charge in [0.1, 0.15) is 17.4 Å². The highest BCUT2D eigenvalue weighted by atomic mass is 35.5. The molecule has 0 radical (unpaired) electrons. The maximum Gasteiger partial charge on any atom is 0.421 e. The van der Waals surface area contributed by atoms with Gasteiger partial charge in [0.05, 0.1) is 24.9 Å². The number of pyridine rings is 2. The van der Waals surface area contributed by atoms with Gasteiger partial charge in [-0.25, -0.2) is 0 Å². The van der Waals surface area contributed by atoms with Gasteiger partial charge in [0, 0.05) is 79.6 Å². The molecule has 7 rings (SSSR count). The van der Waals surface area contributed by atoms with Gasteiger partial charge in [0.2, 0.25) is 23.6 Å². The van der Waals surface area contributed by atoms with E-state index in [1.165, 1.54) is 7.11 Å². The van der Waals surface area contributed by atoms with Crippen molar-refractivity contribution in [3.05, 3.63) is 87.6 Å². The third-order valence-corrected chi connectivity index (χ3v) is 10.9. The summed E-state index contributed by atoms with van der Waals surface area (Å²) in [6.45, 7) is 1.67. The molecule has 2 unspecified atom stereocenters. The Hall–Kier alpha value is -4.92. The summed E-state index contributed by atoms with van der Waals surface area (Å²) in [7, 11) is 2.97. The molecule has 11 nitrogen and oxygen atoms in total. The van der Waals surface area contributed by atoms with E-state index in [-0.39, 0.29) is 41.9 Å². The SMILES string of the molecule is COc1cc(-c2nccc(-c3cccc4c3CCC[C@H]4Oc3nc(OC)c(CNCC4CCC(=O)N4)cc3C(F)(F)F)c2Cl)ccc1CNCC1CCC(=O)N1. The van der Waals surface area contributed by atoms with Crippen LogP contribution in [-0.2, 0) is 35.3 Å². The molecule has 2 aliphatic heterocycles. The average molecular weight is 793 g/mol. The number of carbonyl (C=O) groups excluding carboxylic acids is 2. The summed E-state index contributed by atoms with van der Waals surface area (Å²) in [4.78, 5) is 32.0. The number of nitrogens with zero attached hydrogens (tertiary/aromatic N) is 2. The number of rotatable bonds is 14. The van der Waals surface area contributed by atoms with Crippen LogP contribution in [0.4, 0.5) is 13.2 Å². The van der Waals surface area contributed by atoms with Gasteiger partial charge in [-0.15, -0.1) is 0 Å². The second-order valence-electron chi connectivity index (χ2n) is 14.3. The molecule has 0 bridgehead atoms. The third kappa shape index (κ3) is 8.72. The second kappa shape index (κ2) is 17.1. The molecule has 4 heterocycles. The number of hydrogen-bond acceptors (Lipinski definition) is 9. The molecule has 2 fully saturated rings. The molecular formula is C41H44ClF3N6O5. The van der Waals surface area contributed by atoms with Crippen molar-refractivity contribution in [3.63, 3.8) is 0 Å². The summed E-state index contributed by atoms with van der Waals surface area (Å²) in [6, 6.07) is 14.4. The van der Waals surface area contributed by atoms with Crippen LogP contribution in [0.2, 0.25) is 5.02 Å². The van der Waals surface area contributed by atoms with E-state index in [1.54, 1.807) is 13.3 Å². The molecule has 0 spiro atoms. The van der Waals surface area contributed by atoms with Gasteiger partial charge in [-0.3, -0.25) is 14.6 Å². The summed E-state index contributed by atoms with van der Waals surface area (Å²) < 4.78 is 61.0. The molecular weight excluding hydrogens is 749 g/mol. The van der Waals surface area contributed by atoms with Crippen molar-refractivity contribution < 1.29 is 37.0 Å². The fourth-order valence-electron chi connectivity index (χ4n) is 7.75. The van der Waals surface area contributed by atoms with Crippen molar-refractivity contribution >= 4 is 23.4 Å². The van der Waals surface area contributed by atoms with E-state index in [4.69, 9.17) is 25.8 Å². The maximum atomic E-state index is 14.6. The average Bonchev–Trinajstić information content (AvgIpc) is 3.81. The molecule has 4 N–H and O–H groups in total. The Bertz CT molecular complexity index is 2100. The second-order valence-corrected chi connectivity index (χ2v) is 14.7. The van der Waals surface area contributed by atoms with E-state index in [9.17, 15) is 22.8 Å². The van der Waals surface area contributed by atoms with E-state index < -0.39 is 23.7 Å². The molecule has 2 saturated heterocycles. The largest absolute Gasteiger partial charge is 0.496 e. The number of benzene rings is 2. The molecule has 3 atom stereocenters. The summed E-state index contributed by atoms with van der Waals surface area (Å²) >= 11 is 7.13. The Morgan fingerprint density at radius 2 is 1.55 bits per heavy atom. The van der Waals surface area contributed by atoms with Gasteiger partial charge in [-0.05, 0) is 67.0 Å². The summed E-state index contributed by atoms with van der Waals surface area (Å²) in [6.07, 6.45) is 0.519. The number of halogens is 4. The van der Waals surface area contributed by atoms with Gasteiger partial charge in [-0.2, -0.15) is 18.2 Å². The lowest BCUT2D eigenvalue weighted by Crippen LogP contribution is -2.35. The molecule has 15 heteroatoms. The number of amides is 2. The van der Waals surface area contributed by atoms with Crippen LogP contribution in [0.25, 0.3) is 22.4 Å². The van der Waals surface area contributed by atoms with Crippen LogP contribution in [-0.4, -0.2) is 61.2 Å². The Labute approximate surface area is 328 Å². The Morgan fingerprint density at radius 3 is 2.20 bits per heavy atom. The van der Waals surface area contributed by atoms with Crippen molar-refractivity contribution in [3.8, 4) is 39.9 Å². The fraction of sp³-hybridized carbons (Fsp3) is 0.415. The molecule has 56 heavy (non-hydrogen) atoms. The van der Waals surface area contributed by atoms with Crippen molar-refractivity contribution in [2.24, 2.45) is 0 Å². The monoisotopic (exact) mass is 792 g/mol. The van der Waals surface area contributed by atoms with Gasteiger partial charge >= 0.3 is 6.18 Å². The van der Waals surface area contributed by atoms with Crippen molar-refractivity contribution in [1.82, 2.24) is 31.2 Å². The third-order valence-electron chi connectivity index (χ3n) is 10.6. The number of nitrogens with one attached hydrogen (secondary N) is 4. The van der Waals surface area contributed by atoms with E-state index in [0.717, 1.165) is 45.9 Å². The molecule has 296 valence electrons. The van der Waals surface area contributed by atoms with Crippen LogP contribution < -0.4 is 35.5 Å². The molecule has 4 aromatic rings. The van der Waals surface area contributed by atoms with Gasteiger partial charge in [0.25, 0.3) is 0 Å². The molecule has 2 amide bonds. The molecule has 1 aliphatic carbocycles. The van der Waals surface area contributed by atoms with Crippen molar-refractivity contribution in [2.45, 2.75) is 82.4 Å². The molecule has 3 aliphatic rings. The van der Waals surface area contributed by atoms with Crippen LogP contribution in [0.3, 0.4) is 0 Å². The van der Waals surface area contributed by atoms with E-state index in [2.05, 4.69) is 31.2 Å². The lowest BCUT2D eigenvalue weighted by atomic mass is 9.84. The first-order valence-electron chi connectivity index (χ1n) is 18.8. The summed E-state index contributed by atoms with van der Waals surface area (Å²) in [5.74, 6) is 0.177. The van der Waals surface area contributed by atoms with Crippen LogP contribution >= 0.6 is 11.6 Å². The number of fused-ring (bicyclic) bond motifs is 1. The summed E-state index contributed by atoms with van der Waals surface area (Å²) in [5, 5.41) is 12.7. The Kier molecular flexibility index (Phi) is 12.0. The predicted octanol–water partition coefficient (Wildman–Crippen LogP) is 6.69. The molecule has 2 aromatic heterocycles. The first-order valence-corrected chi connectivity index (χ1v) is 19.2. The number of carbonyl (C=O) groups is 2. The first kappa shape index (κ1) is 39.3. The lowest BCUT2D eigenvalue weighted by molar-refractivity contribution is -0.140. The topological polar surface area (TPSA) is 136 Å².